The van der Waals surface area contributed by atoms with Crippen LogP contribution in [0.1, 0.15) is 19.3 Å². The van der Waals surface area contributed by atoms with Crippen LogP contribution in [0.15, 0.2) is 84.9 Å². The van der Waals surface area contributed by atoms with Crippen LogP contribution in [0, 0.1) is 17.7 Å². The highest BCUT2D eigenvalue weighted by Gasteiger charge is 2.25. The van der Waals surface area contributed by atoms with Gasteiger partial charge in [0.25, 0.3) is 0 Å². The van der Waals surface area contributed by atoms with Crippen LogP contribution in [0.25, 0.3) is 0 Å². The van der Waals surface area contributed by atoms with Crippen molar-refractivity contribution in [1.29, 1.82) is 0 Å². The van der Waals surface area contributed by atoms with Crippen LogP contribution >= 0.6 is 11.8 Å². The number of carbonyl (C=O) groups excluding carboxylic acids is 2. The molecule has 4 rings (SSSR count). The molecule has 0 aliphatic carbocycles. The van der Waals surface area contributed by atoms with Crippen molar-refractivity contribution in [3.05, 3.63) is 90.7 Å². The summed E-state index contributed by atoms with van der Waals surface area (Å²) in [6.07, 6.45) is 0.195. The van der Waals surface area contributed by atoms with Gasteiger partial charge in [-0.2, -0.15) is 0 Å². The van der Waals surface area contributed by atoms with Crippen LogP contribution in [0.3, 0.4) is 0 Å². The van der Waals surface area contributed by atoms with Crippen molar-refractivity contribution in [1.82, 2.24) is 5.06 Å². The standard InChI is InChI=1S/C29H26FNO6S/c30-22-14-16-23(17-15-22)34-21-27-19-18-26(38-27)13-7-8-20-31(28(32)35-24-9-3-1-4-10-24)37-29(33)36-25-11-5-2-6-12-25/h1-6,9-12,14-17,26-27H,8,18-21H2/t26?,27-/m0/s1. The summed E-state index contributed by atoms with van der Waals surface area (Å²) in [5.41, 5.74) is 0. The number of thioether (sulfide) groups is 1. The van der Waals surface area contributed by atoms with E-state index in [1.165, 1.54) is 12.1 Å². The fraction of sp³-hybridized carbons (Fsp3) is 0.241. The summed E-state index contributed by atoms with van der Waals surface area (Å²) in [6, 6.07) is 22.8. The summed E-state index contributed by atoms with van der Waals surface area (Å²) in [4.78, 5) is 30.1. The van der Waals surface area contributed by atoms with E-state index in [0.29, 0.717) is 18.1 Å². The summed E-state index contributed by atoms with van der Waals surface area (Å²) in [5, 5.41) is 1.21. The third-order valence-corrected chi connectivity index (χ3v) is 6.78. The molecule has 1 fully saturated rings. The SMILES string of the molecule is O=C(Oc1ccccc1)ON(CCC#CC1CC[C@@H](COc2ccc(F)cc2)S1)C(=O)Oc1ccccc1. The maximum atomic E-state index is 13.0. The molecule has 1 heterocycles. The zero-order chi connectivity index (χ0) is 26.6. The van der Waals surface area contributed by atoms with Crippen LogP contribution in [-0.2, 0) is 4.84 Å². The van der Waals surface area contributed by atoms with Crippen molar-refractivity contribution in [3.8, 4) is 29.1 Å². The van der Waals surface area contributed by atoms with Crippen molar-refractivity contribution in [2.45, 2.75) is 29.8 Å². The van der Waals surface area contributed by atoms with E-state index in [4.69, 9.17) is 19.0 Å². The zero-order valence-electron chi connectivity index (χ0n) is 20.5. The Bertz CT molecular complexity index is 1250. The second kappa shape index (κ2) is 14.0. The Kier molecular flexibility index (Phi) is 9.88. The van der Waals surface area contributed by atoms with Gasteiger partial charge < -0.3 is 14.2 Å². The molecule has 0 saturated carbocycles. The molecule has 1 aliphatic rings. The van der Waals surface area contributed by atoms with Crippen LogP contribution in [0.2, 0.25) is 0 Å². The molecule has 3 aromatic rings. The fourth-order valence-electron chi connectivity index (χ4n) is 3.51. The van der Waals surface area contributed by atoms with Gasteiger partial charge in [0.15, 0.2) is 0 Å². The third-order valence-electron chi connectivity index (χ3n) is 5.34. The number of amides is 1. The Morgan fingerprint density at radius 2 is 1.53 bits per heavy atom. The summed E-state index contributed by atoms with van der Waals surface area (Å²) in [5.74, 6) is 7.21. The molecule has 196 valence electrons. The number of ether oxygens (including phenoxy) is 3. The molecule has 38 heavy (non-hydrogen) atoms. The van der Waals surface area contributed by atoms with E-state index in [9.17, 15) is 14.0 Å². The van der Waals surface area contributed by atoms with E-state index in [2.05, 4.69) is 11.8 Å². The van der Waals surface area contributed by atoms with Gasteiger partial charge in [-0.1, -0.05) is 42.3 Å². The Hall–Kier alpha value is -4.16. The molecule has 9 heteroatoms. The van der Waals surface area contributed by atoms with E-state index in [0.717, 1.165) is 17.9 Å². The molecule has 0 spiro atoms. The first-order chi connectivity index (χ1) is 18.5. The quantitative estimate of drug-likeness (QED) is 0.148. The van der Waals surface area contributed by atoms with E-state index in [-0.39, 0.29) is 35.0 Å². The van der Waals surface area contributed by atoms with Gasteiger partial charge in [-0.3, -0.25) is 4.84 Å². The number of carbonyl (C=O) groups is 2. The van der Waals surface area contributed by atoms with Gasteiger partial charge in [-0.15, -0.1) is 22.7 Å². The highest BCUT2D eigenvalue weighted by atomic mass is 32.2. The Morgan fingerprint density at radius 1 is 0.868 bits per heavy atom. The zero-order valence-corrected chi connectivity index (χ0v) is 21.3. The first-order valence-electron chi connectivity index (χ1n) is 12.1. The van der Waals surface area contributed by atoms with Crippen molar-refractivity contribution in [3.63, 3.8) is 0 Å². The second-order valence-corrected chi connectivity index (χ2v) is 9.71. The molecular formula is C29H26FNO6S. The second-order valence-electron chi connectivity index (χ2n) is 8.20. The van der Waals surface area contributed by atoms with Gasteiger partial charge in [0.2, 0.25) is 0 Å². The molecule has 0 bridgehead atoms. The number of nitrogens with zero attached hydrogens (tertiary/aromatic N) is 1. The minimum absolute atomic E-state index is 0.00293. The smallest absolute Gasteiger partial charge is 0.492 e. The molecule has 1 unspecified atom stereocenters. The summed E-state index contributed by atoms with van der Waals surface area (Å²) in [6.45, 7) is 0.516. The maximum absolute atomic E-state index is 13.0. The topological polar surface area (TPSA) is 74.3 Å². The number of halogens is 1. The lowest BCUT2D eigenvalue weighted by atomic mass is 10.2. The molecule has 0 N–H and O–H groups in total. The molecule has 0 aromatic heterocycles. The molecule has 1 aliphatic heterocycles. The fourth-order valence-corrected chi connectivity index (χ4v) is 4.81. The average molecular weight is 536 g/mol. The Morgan fingerprint density at radius 3 is 2.21 bits per heavy atom. The third kappa shape index (κ3) is 8.75. The Labute approximate surface area is 224 Å². The first-order valence-corrected chi connectivity index (χ1v) is 13.0. The number of rotatable bonds is 7. The van der Waals surface area contributed by atoms with Gasteiger partial charge in [0, 0.05) is 11.7 Å². The highest BCUT2D eigenvalue weighted by Crippen LogP contribution is 2.33. The molecule has 1 amide bonds. The molecule has 0 radical (unpaired) electrons. The number of hydrogen-bond acceptors (Lipinski definition) is 7. The lowest BCUT2D eigenvalue weighted by molar-refractivity contribution is -0.0880. The van der Waals surface area contributed by atoms with Crippen molar-refractivity contribution in [2.24, 2.45) is 0 Å². The number of para-hydroxylation sites is 2. The monoisotopic (exact) mass is 535 g/mol. The van der Waals surface area contributed by atoms with Crippen LogP contribution in [-0.4, -0.2) is 41.0 Å². The van der Waals surface area contributed by atoms with Crippen LogP contribution in [0.4, 0.5) is 14.0 Å². The minimum atomic E-state index is -1.07. The van der Waals surface area contributed by atoms with Crippen molar-refractivity contribution in [2.75, 3.05) is 13.2 Å². The normalized spacial score (nSPS) is 16.0. The summed E-state index contributed by atoms with van der Waals surface area (Å²) >= 11 is 1.73. The predicted molar refractivity (Wildman–Crippen MR) is 141 cm³/mol. The first kappa shape index (κ1) is 26.9. The number of benzene rings is 3. The Balaban J connectivity index is 1.27. The van der Waals surface area contributed by atoms with E-state index >= 15 is 0 Å². The van der Waals surface area contributed by atoms with Crippen molar-refractivity contribution < 1.29 is 33.0 Å². The van der Waals surface area contributed by atoms with Gasteiger partial charge in [-0.05, 0) is 61.4 Å². The molecular weight excluding hydrogens is 509 g/mol. The van der Waals surface area contributed by atoms with Crippen LogP contribution in [0.5, 0.6) is 17.2 Å². The van der Waals surface area contributed by atoms with E-state index in [1.807, 2.05) is 0 Å². The lowest BCUT2D eigenvalue weighted by Gasteiger charge is -2.19. The summed E-state index contributed by atoms with van der Waals surface area (Å²) in [7, 11) is 0. The number of hydrogen-bond donors (Lipinski definition) is 0. The van der Waals surface area contributed by atoms with E-state index in [1.54, 1.807) is 84.6 Å². The van der Waals surface area contributed by atoms with Gasteiger partial charge in [-0.25, -0.2) is 14.0 Å². The predicted octanol–water partition coefficient (Wildman–Crippen LogP) is 6.49. The van der Waals surface area contributed by atoms with Gasteiger partial charge >= 0.3 is 12.2 Å². The summed E-state index contributed by atoms with van der Waals surface area (Å²) < 4.78 is 29.2. The minimum Gasteiger partial charge on any atom is -0.492 e. The molecule has 1 saturated heterocycles. The van der Waals surface area contributed by atoms with Crippen molar-refractivity contribution >= 4 is 24.0 Å². The highest BCUT2D eigenvalue weighted by molar-refractivity contribution is 8.01. The van der Waals surface area contributed by atoms with Gasteiger partial charge in [0.1, 0.15) is 29.7 Å². The largest absolute Gasteiger partial charge is 0.539 e. The lowest BCUT2D eigenvalue weighted by Crippen LogP contribution is -2.37. The maximum Gasteiger partial charge on any atom is 0.539 e. The number of hydroxylamine groups is 2. The van der Waals surface area contributed by atoms with E-state index < -0.39 is 12.2 Å². The van der Waals surface area contributed by atoms with Crippen LogP contribution < -0.4 is 14.2 Å². The molecule has 2 atom stereocenters. The molecule has 7 nitrogen and oxygen atoms in total. The van der Waals surface area contributed by atoms with Gasteiger partial charge in [0.05, 0.1) is 11.8 Å². The molecule has 3 aromatic carbocycles. The average Bonchev–Trinajstić information content (AvgIpc) is 3.39.